The van der Waals surface area contributed by atoms with Crippen molar-refractivity contribution in [3.05, 3.63) is 29.8 Å². The molecule has 1 aliphatic rings. The molecule has 1 N–H and O–H groups in total. The summed E-state index contributed by atoms with van der Waals surface area (Å²) in [6, 6.07) is 7.73. The minimum absolute atomic E-state index is 0.457. The van der Waals surface area contributed by atoms with E-state index in [-0.39, 0.29) is 0 Å². The lowest BCUT2D eigenvalue weighted by Gasteiger charge is -2.15. The standard InChI is InChI=1S/C15H23NO/c1-16-11-4-5-13(10-12-16)8-9-14-6-2-3-7-15(14)17/h2-3,6-7,13,17H,4-5,8-12H2,1H3. The lowest BCUT2D eigenvalue weighted by molar-refractivity contribution is 0.338. The number of benzene rings is 1. The average molecular weight is 233 g/mol. The van der Waals surface area contributed by atoms with E-state index in [1.807, 2.05) is 18.2 Å². The molecule has 0 aromatic heterocycles. The Hall–Kier alpha value is -1.02. The molecule has 17 heavy (non-hydrogen) atoms. The molecule has 2 nitrogen and oxygen atoms in total. The number of hydrogen-bond acceptors (Lipinski definition) is 2. The van der Waals surface area contributed by atoms with Gasteiger partial charge in [-0.25, -0.2) is 0 Å². The van der Waals surface area contributed by atoms with Crippen LogP contribution in [0.15, 0.2) is 24.3 Å². The Morgan fingerprint density at radius 2 is 2.06 bits per heavy atom. The molecule has 1 aromatic carbocycles. The Bertz CT molecular complexity index is 351. The molecular formula is C15H23NO. The van der Waals surface area contributed by atoms with Crippen molar-refractivity contribution in [3.8, 4) is 5.75 Å². The summed E-state index contributed by atoms with van der Waals surface area (Å²) in [5.41, 5.74) is 1.10. The van der Waals surface area contributed by atoms with Gasteiger partial charge in [-0.2, -0.15) is 0 Å². The monoisotopic (exact) mass is 233 g/mol. The molecule has 1 atom stereocenters. The third-order valence-corrected chi connectivity index (χ3v) is 3.88. The van der Waals surface area contributed by atoms with E-state index in [0.717, 1.165) is 17.9 Å². The first-order valence-electron chi connectivity index (χ1n) is 6.71. The Morgan fingerprint density at radius 3 is 2.88 bits per heavy atom. The predicted molar refractivity (Wildman–Crippen MR) is 71.3 cm³/mol. The van der Waals surface area contributed by atoms with Gasteiger partial charge < -0.3 is 10.0 Å². The van der Waals surface area contributed by atoms with Crippen molar-refractivity contribution >= 4 is 0 Å². The molecule has 0 radical (unpaired) electrons. The van der Waals surface area contributed by atoms with Crippen molar-refractivity contribution in [3.63, 3.8) is 0 Å². The van der Waals surface area contributed by atoms with Crippen molar-refractivity contribution in [1.82, 2.24) is 4.90 Å². The highest BCUT2D eigenvalue weighted by Gasteiger charge is 2.15. The van der Waals surface area contributed by atoms with E-state index in [0.29, 0.717) is 5.75 Å². The van der Waals surface area contributed by atoms with Gasteiger partial charge in [0.2, 0.25) is 0 Å². The minimum Gasteiger partial charge on any atom is -0.508 e. The van der Waals surface area contributed by atoms with Crippen LogP contribution in [-0.2, 0) is 6.42 Å². The van der Waals surface area contributed by atoms with E-state index >= 15 is 0 Å². The molecule has 1 aromatic rings. The van der Waals surface area contributed by atoms with Gasteiger partial charge in [0.15, 0.2) is 0 Å². The number of para-hydroxylation sites is 1. The highest BCUT2D eigenvalue weighted by Crippen LogP contribution is 2.24. The Kier molecular flexibility index (Phi) is 4.43. The molecule has 1 heterocycles. The van der Waals surface area contributed by atoms with Gasteiger partial charge in [0.25, 0.3) is 0 Å². The van der Waals surface area contributed by atoms with Crippen LogP contribution in [0.2, 0.25) is 0 Å². The van der Waals surface area contributed by atoms with Crippen molar-refractivity contribution < 1.29 is 5.11 Å². The molecule has 0 spiro atoms. The summed E-state index contributed by atoms with van der Waals surface area (Å²) < 4.78 is 0. The third-order valence-electron chi connectivity index (χ3n) is 3.88. The number of likely N-dealkylation sites (tertiary alicyclic amines) is 1. The quantitative estimate of drug-likeness (QED) is 0.867. The van der Waals surface area contributed by atoms with Crippen LogP contribution < -0.4 is 0 Å². The molecule has 0 aliphatic carbocycles. The third kappa shape index (κ3) is 3.74. The first kappa shape index (κ1) is 12.4. The van der Waals surface area contributed by atoms with Gasteiger partial charge in [0.1, 0.15) is 5.75 Å². The topological polar surface area (TPSA) is 23.5 Å². The SMILES string of the molecule is CN1CCCC(CCc2ccccc2O)CC1. The lowest BCUT2D eigenvalue weighted by atomic mass is 9.93. The van der Waals surface area contributed by atoms with Crippen LogP contribution in [0.3, 0.4) is 0 Å². The van der Waals surface area contributed by atoms with Gasteiger partial charge in [-0.05, 0) is 69.8 Å². The fraction of sp³-hybridized carbons (Fsp3) is 0.600. The maximum Gasteiger partial charge on any atom is 0.118 e. The molecular weight excluding hydrogens is 210 g/mol. The second kappa shape index (κ2) is 6.06. The molecule has 2 heteroatoms. The van der Waals surface area contributed by atoms with Crippen molar-refractivity contribution in [2.75, 3.05) is 20.1 Å². The van der Waals surface area contributed by atoms with E-state index < -0.39 is 0 Å². The van der Waals surface area contributed by atoms with E-state index in [4.69, 9.17) is 0 Å². The zero-order valence-electron chi connectivity index (χ0n) is 10.7. The molecule has 1 aliphatic heterocycles. The first-order chi connectivity index (χ1) is 8.25. The lowest BCUT2D eigenvalue weighted by Crippen LogP contribution is -2.18. The maximum atomic E-state index is 9.73. The number of aromatic hydroxyl groups is 1. The zero-order valence-corrected chi connectivity index (χ0v) is 10.7. The summed E-state index contributed by atoms with van der Waals surface area (Å²) in [7, 11) is 2.21. The normalized spacial score (nSPS) is 22.3. The summed E-state index contributed by atoms with van der Waals surface area (Å²) >= 11 is 0. The summed E-state index contributed by atoms with van der Waals surface area (Å²) in [5, 5.41) is 9.73. The molecule has 1 saturated heterocycles. The highest BCUT2D eigenvalue weighted by atomic mass is 16.3. The molecule has 2 rings (SSSR count). The number of aryl methyl sites for hydroxylation is 1. The minimum atomic E-state index is 0.457. The van der Waals surface area contributed by atoms with Crippen LogP contribution >= 0.6 is 0 Å². The van der Waals surface area contributed by atoms with Gasteiger partial charge in [-0.1, -0.05) is 18.2 Å². The number of phenols is 1. The molecule has 0 saturated carbocycles. The molecule has 94 valence electrons. The van der Waals surface area contributed by atoms with E-state index in [2.05, 4.69) is 11.9 Å². The summed E-state index contributed by atoms with van der Waals surface area (Å²) in [6.07, 6.45) is 6.20. The number of hydrogen-bond donors (Lipinski definition) is 1. The fourth-order valence-corrected chi connectivity index (χ4v) is 2.68. The van der Waals surface area contributed by atoms with Crippen LogP contribution in [-0.4, -0.2) is 30.1 Å². The van der Waals surface area contributed by atoms with Crippen LogP contribution in [0.25, 0.3) is 0 Å². The van der Waals surface area contributed by atoms with Crippen LogP contribution in [0.1, 0.15) is 31.2 Å². The Morgan fingerprint density at radius 1 is 1.24 bits per heavy atom. The van der Waals surface area contributed by atoms with Crippen molar-refractivity contribution in [2.45, 2.75) is 32.1 Å². The molecule has 1 fully saturated rings. The zero-order chi connectivity index (χ0) is 12.1. The highest BCUT2D eigenvalue weighted by molar-refractivity contribution is 5.31. The van der Waals surface area contributed by atoms with Gasteiger partial charge >= 0.3 is 0 Å². The first-order valence-corrected chi connectivity index (χ1v) is 6.71. The summed E-state index contributed by atoms with van der Waals surface area (Å²) in [5.74, 6) is 1.29. The second-order valence-electron chi connectivity index (χ2n) is 5.27. The fourth-order valence-electron chi connectivity index (χ4n) is 2.68. The van der Waals surface area contributed by atoms with Gasteiger partial charge in [-0.3, -0.25) is 0 Å². The molecule has 1 unspecified atom stereocenters. The molecule has 0 bridgehead atoms. The number of nitrogens with zero attached hydrogens (tertiary/aromatic N) is 1. The van der Waals surface area contributed by atoms with Crippen LogP contribution in [0.4, 0.5) is 0 Å². The molecule has 0 amide bonds. The predicted octanol–water partition coefficient (Wildman–Crippen LogP) is 3.06. The van der Waals surface area contributed by atoms with Crippen molar-refractivity contribution in [2.24, 2.45) is 5.92 Å². The van der Waals surface area contributed by atoms with E-state index in [9.17, 15) is 5.11 Å². The van der Waals surface area contributed by atoms with Gasteiger partial charge in [0, 0.05) is 0 Å². The van der Waals surface area contributed by atoms with Crippen molar-refractivity contribution in [1.29, 1.82) is 0 Å². The summed E-state index contributed by atoms with van der Waals surface area (Å²) in [4.78, 5) is 2.43. The summed E-state index contributed by atoms with van der Waals surface area (Å²) in [6.45, 7) is 2.47. The Balaban J connectivity index is 1.83. The largest absolute Gasteiger partial charge is 0.508 e. The van der Waals surface area contributed by atoms with E-state index in [1.165, 1.54) is 38.8 Å². The second-order valence-corrected chi connectivity index (χ2v) is 5.27. The smallest absolute Gasteiger partial charge is 0.118 e. The van der Waals surface area contributed by atoms with Crippen LogP contribution in [0, 0.1) is 5.92 Å². The average Bonchev–Trinajstić information content (AvgIpc) is 2.53. The van der Waals surface area contributed by atoms with Crippen LogP contribution in [0.5, 0.6) is 5.75 Å². The number of phenolic OH excluding ortho intramolecular Hbond substituents is 1. The van der Waals surface area contributed by atoms with Gasteiger partial charge in [-0.15, -0.1) is 0 Å². The van der Waals surface area contributed by atoms with Gasteiger partial charge in [0.05, 0.1) is 0 Å². The number of rotatable bonds is 3. The maximum absolute atomic E-state index is 9.73. The van der Waals surface area contributed by atoms with E-state index in [1.54, 1.807) is 6.07 Å². The Labute approximate surface area is 104 Å².